The third kappa shape index (κ3) is 1.87. The maximum absolute atomic E-state index is 9.99. The molecule has 0 bridgehead atoms. The number of ether oxygens (including phenoxy) is 2. The zero-order valence-electron chi connectivity index (χ0n) is 14.1. The van der Waals surface area contributed by atoms with Crippen LogP contribution in [0, 0.1) is 17.3 Å². The topological polar surface area (TPSA) is 38.7 Å². The summed E-state index contributed by atoms with van der Waals surface area (Å²) in [5.41, 5.74) is 5.06. The first-order valence-electron chi connectivity index (χ1n) is 9.50. The standard InChI is InChI=1S/C20H28O3/c1-19-8-6-16-15-5-3-14(21)12-13(15)2-4-17(16)18(19)7-9-20(19)22-10-11-23-20/h4,14,16,18,21H,2-3,5-12H2,1H3/t14?,16-,18+,19+/m1/s1. The van der Waals surface area contributed by atoms with Crippen LogP contribution in [0.5, 0.6) is 0 Å². The minimum atomic E-state index is -0.305. The van der Waals surface area contributed by atoms with E-state index in [1.165, 1.54) is 19.3 Å². The van der Waals surface area contributed by atoms with E-state index in [9.17, 15) is 5.11 Å². The Balaban J connectivity index is 1.48. The molecule has 3 heteroatoms. The van der Waals surface area contributed by atoms with E-state index in [4.69, 9.17) is 9.47 Å². The van der Waals surface area contributed by atoms with E-state index in [0.29, 0.717) is 11.8 Å². The normalized spacial score (nSPS) is 44.8. The molecule has 5 aliphatic rings. The predicted octanol–water partition coefficient (Wildman–Crippen LogP) is 3.73. The average molecular weight is 316 g/mol. The molecule has 1 saturated heterocycles. The fraction of sp³-hybridized carbons (Fsp3) is 0.800. The van der Waals surface area contributed by atoms with E-state index in [1.807, 2.05) is 0 Å². The molecule has 4 aliphatic carbocycles. The molecule has 23 heavy (non-hydrogen) atoms. The largest absolute Gasteiger partial charge is 0.393 e. The highest BCUT2D eigenvalue weighted by atomic mass is 16.7. The Morgan fingerprint density at radius 1 is 1.13 bits per heavy atom. The molecule has 0 aromatic carbocycles. The number of aliphatic hydroxyl groups excluding tert-OH is 1. The molecule has 0 amide bonds. The Bertz CT molecular complexity index is 584. The fourth-order valence-electron chi connectivity index (χ4n) is 6.44. The van der Waals surface area contributed by atoms with Gasteiger partial charge in [-0.1, -0.05) is 29.7 Å². The number of aliphatic hydroxyl groups is 1. The number of allylic oxidation sites excluding steroid dienone is 3. The van der Waals surface area contributed by atoms with Crippen molar-refractivity contribution < 1.29 is 14.6 Å². The maximum atomic E-state index is 9.99. The van der Waals surface area contributed by atoms with Crippen LogP contribution in [-0.4, -0.2) is 30.2 Å². The van der Waals surface area contributed by atoms with Gasteiger partial charge < -0.3 is 14.6 Å². The lowest BCUT2D eigenvalue weighted by Gasteiger charge is -2.50. The predicted molar refractivity (Wildman–Crippen MR) is 87.8 cm³/mol. The van der Waals surface area contributed by atoms with Crippen molar-refractivity contribution in [2.45, 2.75) is 70.2 Å². The summed E-state index contributed by atoms with van der Waals surface area (Å²) in [6.45, 7) is 3.94. The molecular formula is C20H28O3. The van der Waals surface area contributed by atoms with Crippen LogP contribution in [0.4, 0.5) is 0 Å². The molecule has 4 atom stereocenters. The number of rotatable bonds is 0. The van der Waals surface area contributed by atoms with Crippen molar-refractivity contribution in [2.75, 3.05) is 13.2 Å². The van der Waals surface area contributed by atoms with Gasteiger partial charge in [-0.05, 0) is 50.9 Å². The van der Waals surface area contributed by atoms with E-state index in [2.05, 4.69) is 13.0 Å². The molecule has 1 spiro atoms. The van der Waals surface area contributed by atoms with Gasteiger partial charge in [0.05, 0.1) is 19.3 Å². The highest BCUT2D eigenvalue weighted by molar-refractivity contribution is 5.39. The van der Waals surface area contributed by atoms with Gasteiger partial charge in [-0.2, -0.15) is 0 Å². The van der Waals surface area contributed by atoms with Crippen LogP contribution >= 0.6 is 0 Å². The van der Waals surface area contributed by atoms with E-state index in [0.717, 1.165) is 45.3 Å². The van der Waals surface area contributed by atoms with Crippen molar-refractivity contribution in [2.24, 2.45) is 17.3 Å². The zero-order chi connectivity index (χ0) is 15.7. The second-order valence-corrected chi connectivity index (χ2v) is 8.48. The summed E-state index contributed by atoms with van der Waals surface area (Å²) in [5, 5.41) is 9.99. The Morgan fingerprint density at radius 3 is 2.78 bits per heavy atom. The van der Waals surface area contributed by atoms with Gasteiger partial charge in [0.1, 0.15) is 0 Å². The van der Waals surface area contributed by atoms with E-state index in [1.54, 1.807) is 16.7 Å². The molecule has 0 aromatic rings. The lowest BCUT2D eigenvalue weighted by molar-refractivity contribution is -0.228. The molecule has 1 N–H and O–H groups in total. The van der Waals surface area contributed by atoms with Crippen molar-refractivity contribution in [1.82, 2.24) is 0 Å². The quantitative estimate of drug-likeness (QED) is 0.692. The van der Waals surface area contributed by atoms with Gasteiger partial charge in [-0.25, -0.2) is 0 Å². The number of hydrogen-bond donors (Lipinski definition) is 1. The second-order valence-electron chi connectivity index (χ2n) is 8.48. The smallest absolute Gasteiger partial charge is 0.174 e. The SMILES string of the molecule is C[C@]12CC[C@H]3C(=CCC4=C3CCC(O)C4)[C@@H]1CCC21OCCO1. The first kappa shape index (κ1) is 14.7. The van der Waals surface area contributed by atoms with Crippen LogP contribution in [0.2, 0.25) is 0 Å². The molecule has 0 radical (unpaired) electrons. The van der Waals surface area contributed by atoms with Gasteiger partial charge in [0.2, 0.25) is 0 Å². The molecule has 1 unspecified atom stereocenters. The molecule has 1 heterocycles. The number of fused-ring (bicyclic) bond motifs is 5. The van der Waals surface area contributed by atoms with Crippen LogP contribution in [0.3, 0.4) is 0 Å². The Kier molecular flexibility index (Phi) is 3.15. The van der Waals surface area contributed by atoms with Gasteiger partial charge in [-0.15, -0.1) is 0 Å². The maximum Gasteiger partial charge on any atom is 0.174 e. The summed E-state index contributed by atoms with van der Waals surface area (Å²) >= 11 is 0. The van der Waals surface area contributed by atoms with Crippen LogP contribution in [-0.2, 0) is 9.47 Å². The molecule has 1 aliphatic heterocycles. The minimum Gasteiger partial charge on any atom is -0.393 e. The zero-order valence-corrected chi connectivity index (χ0v) is 14.1. The minimum absolute atomic E-state index is 0.104. The van der Waals surface area contributed by atoms with Crippen molar-refractivity contribution in [3.8, 4) is 0 Å². The van der Waals surface area contributed by atoms with Crippen molar-refractivity contribution in [3.05, 3.63) is 22.8 Å². The molecule has 5 rings (SSSR count). The van der Waals surface area contributed by atoms with Crippen molar-refractivity contribution in [1.29, 1.82) is 0 Å². The summed E-state index contributed by atoms with van der Waals surface area (Å²) in [4.78, 5) is 0. The fourth-order valence-corrected chi connectivity index (χ4v) is 6.44. The Labute approximate surface area is 138 Å². The van der Waals surface area contributed by atoms with Crippen molar-refractivity contribution >= 4 is 0 Å². The van der Waals surface area contributed by atoms with Crippen LogP contribution in [0.25, 0.3) is 0 Å². The summed E-state index contributed by atoms with van der Waals surface area (Å²) in [6.07, 6.45) is 11.2. The van der Waals surface area contributed by atoms with Gasteiger partial charge in [0.15, 0.2) is 5.79 Å². The van der Waals surface area contributed by atoms with Crippen molar-refractivity contribution in [3.63, 3.8) is 0 Å². The van der Waals surface area contributed by atoms with Gasteiger partial charge in [0, 0.05) is 17.8 Å². The summed E-state index contributed by atoms with van der Waals surface area (Å²) in [7, 11) is 0. The van der Waals surface area contributed by atoms with Gasteiger partial charge in [0.25, 0.3) is 0 Å². The lowest BCUT2D eigenvalue weighted by Crippen LogP contribution is -2.49. The third-order valence-corrected chi connectivity index (χ3v) is 7.60. The van der Waals surface area contributed by atoms with Crippen LogP contribution < -0.4 is 0 Å². The molecule has 0 aromatic heterocycles. The summed E-state index contributed by atoms with van der Waals surface area (Å²) in [5.74, 6) is 0.974. The van der Waals surface area contributed by atoms with Crippen LogP contribution in [0.1, 0.15) is 58.3 Å². The highest BCUT2D eigenvalue weighted by Gasteiger charge is 2.63. The molecular weight excluding hydrogens is 288 g/mol. The van der Waals surface area contributed by atoms with E-state index < -0.39 is 0 Å². The Hall–Kier alpha value is -0.640. The second kappa shape index (κ2) is 4.93. The summed E-state index contributed by atoms with van der Waals surface area (Å²) < 4.78 is 12.4. The molecule has 126 valence electrons. The van der Waals surface area contributed by atoms with Crippen LogP contribution in [0.15, 0.2) is 22.8 Å². The molecule has 2 saturated carbocycles. The monoisotopic (exact) mass is 316 g/mol. The molecule has 3 fully saturated rings. The molecule has 3 nitrogen and oxygen atoms in total. The highest BCUT2D eigenvalue weighted by Crippen LogP contribution is 2.65. The van der Waals surface area contributed by atoms with E-state index in [-0.39, 0.29) is 17.3 Å². The Morgan fingerprint density at radius 2 is 1.96 bits per heavy atom. The van der Waals surface area contributed by atoms with Gasteiger partial charge in [-0.3, -0.25) is 0 Å². The number of hydrogen-bond acceptors (Lipinski definition) is 3. The summed E-state index contributed by atoms with van der Waals surface area (Å²) in [6, 6.07) is 0. The lowest BCUT2D eigenvalue weighted by atomic mass is 9.57. The first-order chi connectivity index (χ1) is 11.1. The van der Waals surface area contributed by atoms with Gasteiger partial charge >= 0.3 is 0 Å². The van der Waals surface area contributed by atoms with E-state index >= 15 is 0 Å². The average Bonchev–Trinajstić information content (AvgIpc) is 3.14. The third-order valence-electron chi connectivity index (χ3n) is 7.60. The first-order valence-corrected chi connectivity index (χ1v) is 9.50.